The number of halogens is 1. The van der Waals surface area contributed by atoms with E-state index in [1.165, 1.54) is 12.1 Å². The van der Waals surface area contributed by atoms with Crippen molar-refractivity contribution in [2.24, 2.45) is 17.6 Å². The molecular weight excluding hydrogens is 237 g/mol. The van der Waals surface area contributed by atoms with Crippen LogP contribution in [0.25, 0.3) is 0 Å². The zero-order valence-electron chi connectivity index (χ0n) is 10.1. The molecule has 0 aromatic heterocycles. The maximum atomic E-state index is 13.6. The van der Waals surface area contributed by atoms with E-state index in [1.54, 1.807) is 13.0 Å². The van der Waals surface area contributed by atoms with Crippen molar-refractivity contribution in [1.82, 2.24) is 0 Å². The zero-order chi connectivity index (χ0) is 13.3. The molecule has 0 amide bonds. The van der Waals surface area contributed by atoms with Crippen LogP contribution < -0.4 is 10.5 Å². The number of nitrogens with two attached hydrogens (primary N) is 1. The Morgan fingerprint density at radius 2 is 2.39 bits per heavy atom. The summed E-state index contributed by atoms with van der Waals surface area (Å²) in [6, 6.07) is 4.12. The summed E-state index contributed by atoms with van der Waals surface area (Å²) >= 11 is 0. The van der Waals surface area contributed by atoms with Gasteiger partial charge >= 0.3 is 5.97 Å². The molecule has 0 radical (unpaired) electrons. The summed E-state index contributed by atoms with van der Waals surface area (Å²) in [5.74, 6) is -1.59. The van der Waals surface area contributed by atoms with Gasteiger partial charge in [0.25, 0.3) is 0 Å². The summed E-state index contributed by atoms with van der Waals surface area (Å²) in [6.07, 6.45) is 0.561. The maximum absolute atomic E-state index is 13.6. The Hall–Kier alpha value is -1.62. The second kappa shape index (κ2) is 4.94. The number of carboxylic acid groups (broad SMARTS) is 1. The SMILES string of the molecule is CCOc1ccc(C(N)C2CC2C(=O)O)cc1F. The van der Waals surface area contributed by atoms with E-state index in [1.807, 2.05) is 0 Å². The number of ether oxygens (including phenoxy) is 1. The molecule has 1 fully saturated rings. The molecule has 1 saturated carbocycles. The topological polar surface area (TPSA) is 72.5 Å². The molecule has 5 heteroatoms. The standard InChI is InChI=1S/C13H16FNO3/c1-2-18-11-4-3-7(5-10(11)14)12(15)8-6-9(8)13(16)17/h3-5,8-9,12H,2,6,15H2,1H3,(H,16,17). The summed E-state index contributed by atoms with van der Waals surface area (Å²) in [5, 5.41) is 8.84. The molecule has 1 aliphatic rings. The van der Waals surface area contributed by atoms with Crippen LogP contribution >= 0.6 is 0 Å². The molecule has 0 bridgehead atoms. The highest BCUT2D eigenvalue weighted by atomic mass is 19.1. The molecule has 1 aliphatic carbocycles. The minimum absolute atomic E-state index is 0.0974. The van der Waals surface area contributed by atoms with E-state index in [0.29, 0.717) is 18.6 Å². The molecule has 0 saturated heterocycles. The predicted molar refractivity (Wildman–Crippen MR) is 63.7 cm³/mol. The first-order chi connectivity index (χ1) is 8.54. The normalized spacial score (nSPS) is 23.5. The lowest BCUT2D eigenvalue weighted by molar-refractivity contribution is -0.138. The van der Waals surface area contributed by atoms with E-state index in [0.717, 1.165) is 0 Å². The number of benzene rings is 1. The lowest BCUT2D eigenvalue weighted by Crippen LogP contribution is -2.16. The van der Waals surface area contributed by atoms with Crippen LogP contribution in [0.2, 0.25) is 0 Å². The smallest absolute Gasteiger partial charge is 0.306 e. The number of carboxylic acids is 1. The lowest BCUT2D eigenvalue weighted by Gasteiger charge is -2.13. The second-order valence-electron chi connectivity index (χ2n) is 4.49. The lowest BCUT2D eigenvalue weighted by atomic mass is 10.0. The van der Waals surface area contributed by atoms with Gasteiger partial charge in [-0.3, -0.25) is 4.79 Å². The van der Waals surface area contributed by atoms with Crippen LogP contribution in [0, 0.1) is 17.7 Å². The average Bonchev–Trinajstić information content (AvgIpc) is 3.11. The monoisotopic (exact) mass is 253 g/mol. The fraction of sp³-hybridized carbons (Fsp3) is 0.462. The quantitative estimate of drug-likeness (QED) is 0.841. The molecule has 3 N–H and O–H groups in total. The summed E-state index contributed by atoms with van der Waals surface area (Å²) in [6.45, 7) is 2.17. The minimum Gasteiger partial charge on any atom is -0.491 e. The Morgan fingerprint density at radius 3 is 2.89 bits per heavy atom. The molecule has 0 spiro atoms. The van der Waals surface area contributed by atoms with E-state index in [2.05, 4.69) is 0 Å². The van der Waals surface area contributed by atoms with Crippen molar-refractivity contribution < 1.29 is 19.0 Å². The van der Waals surface area contributed by atoms with E-state index in [-0.39, 0.29) is 11.7 Å². The molecule has 3 unspecified atom stereocenters. The minimum atomic E-state index is -0.832. The highest BCUT2D eigenvalue weighted by Gasteiger charge is 2.47. The van der Waals surface area contributed by atoms with Gasteiger partial charge < -0.3 is 15.6 Å². The number of aliphatic carboxylic acids is 1. The van der Waals surface area contributed by atoms with Gasteiger partial charge in [-0.25, -0.2) is 4.39 Å². The van der Waals surface area contributed by atoms with Gasteiger partial charge in [0, 0.05) is 6.04 Å². The average molecular weight is 253 g/mol. The molecule has 98 valence electrons. The first-order valence-electron chi connectivity index (χ1n) is 5.95. The van der Waals surface area contributed by atoms with Gasteiger partial charge in [0.15, 0.2) is 11.6 Å². The van der Waals surface area contributed by atoms with Crippen LogP contribution in [-0.2, 0) is 4.79 Å². The number of hydrogen-bond acceptors (Lipinski definition) is 3. The Balaban J connectivity index is 2.10. The van der Waals surface area contributed by atoms with Crippen molar-refractivity contribution in [3.05, 3.63) is 29.6 Å². The second-order valence-corrected chi connectivity index (χ2v) is 4.49. The first kappa shape index (κ1) is 12.8. The van der Waals surface area contributed by atoms with Gasteiger partial charge in [0.2, 0.25) is 0 Å². The van der Waals surface area contributed by atoms with Gasteiger partial charge in [-0.1, -0.05) is 6.07 Å². The largest absolute Gasteiger partial charge is 0.491 e. The fourth-order valence-electron chi connectivity index (χ4n) is 2.14. The van der Waals surface area contributed by atoms with Crippen molar-refractivity contribution in [2.75, 3.05) is 6.61 Å². The van der Waals surface area contributed by atoms with Gasteiger partial charge in [0.1, 0.15) is 0 Å². The molecule has 4 nitrogen and oxygen atoms in total. The highest BCUT2D eigenvalue weighted by Crippen LogP contribution is 2.46. The van der Waals surface area contributed by atoms with Gasteiger partial charge in [-0.2, -0.15) is 0 Å². The third-order valence-corrected chi connectivity index (χ3v) is 3.26. The summed E-state index contributed by atoms with van der Waals surface area (Å²) < 4.78 is 18.7. The first-order valence-corrected chi connectivity index (χ1v) is 5.95. The molecule has 0 heterocycles. The summed E-state index contributed by atoms with van der Waals surface area (Å²) in [4.78, 5) is 10.8. The molecule has 18 heavy (non-hydrogen) atoms. The molecule has 1 aromatic rings. The zero-order valence-corrected chi connectivity index (χ0v) is 10.1. The van der Waals surface area contributed by atoms with E-state index in [9.17, 15) is 9.18 Å². The van der Waals surface area contributed by atoms with E-state index < -0.39 is 23.7 Å². The van der Waals surface area contributed by atoms with E-state index >= 15 is 0 Å². The fourth-order valence-corrected chi connectivity index (χ4v) is 2.14. The predicted octanol–water partition coefficient (Wildman–Crippen LogP) is 1.94. The molecule has 0 aliphatic heterocycles. The third-order valence-electron chi connectivity index (χ3n) is 3.26. The van der Waals surface area contributed by atoms with Crippen LogP contribution in [0.4, 0.5) is 4.39 Å². The Morgan fingerprint density at radius 1 is 1.67 bits per heavy atom. The molecule has 3 atom stereocenters. The number of rotatable bonds is 5. The Labute approximate surface area is 105 Å². The van der Waals surface area contributed by atoms with Gasteiger partial charge in [-0.05, 0) is 37.0 Å². The van der Waals surface area contributed by atoms with Gasteiger partial charge in [0.05, 0.1) is 12.5 Å². The van der Waals surface area contributed by atoms with Crippen molar-refractivity contribution in [1.29, 1.82) is 0 Å². The number of carbonyl (C=O) groups is 1. The molecule has 1 aromatic carbocycles. The summed E-state index contributed by atoms with van der Waals surface area (Å²) in [5.41, 5.74) is 6.57. The summed E-state index contributed by atoms with van der Waals surface area (Å²) in [7, 11) is 0. The van der Waals surface area contributed by atoms with Crippen LogP contribution in [0.5, 0.6) is 5.75 Å². The number of hydrogen-bond donors (Lipinski definition) is 2. The third kappa shape index (κ3) is 2.46. The molecule has 2 rings (SSSR count). The van der Waals surface area contributed by atoms with Crippen LogP contribution in [-0.4, -0.2) is 17.7 Å². The van der Waals surface area contributed by atoms with Gasteiger partial charge in [-0.15, -0.1) is 0 Å². The van der Waals surface area contributed by atoms with Crippen LogP contribution in [0.1, 0.15) is 24.9 Å². The van der Waals surface area contributed by atoms with Crippen molar-refractivity contribution in [3.8, 4) is 5.75 Å². The van der Waals surface area contributed by atoms with Crippen molar-refractivity contribution in [3.63, 3.8) is 0 Å². The highest BCUT2D eigenvalue weighted by molar-refractivity contribution is 5.73. The van der Waals surface area contributed by atoms with Crippen molar-refractivity contribution in [2.45, 2.75) is 19.4 Å². The molecular formula is C13H16FNO3. The van der Waals surface area contributed by atoms with Crippen LogP contribution in [0.3, 0.4) is 0 Å². The van der Waals surface area contributed by atoms with Crippen LogP contribution in [0.15, 0.2) is 18.2 Å². The maximum Gasteiger partial charge on any atom is 0.306 e. The van der Waals surface area contributed by atoms with Crippen molar-refractivity contribution >= 4 is 5.97 Å². The Bertz CT molecular complexity index is 464. The Kier molecular flexibility index (Phi) is 3.52. The van der Waals surface area contributed by atoms with E-state index in [4.69, 9.17) is 15.6 Å².